The van der Waals surface area contributed by atoms with Crippen molar-refractivity contribution in [3.05, 3.63) is 18.2 Å². The largest absolute Gasteiger partial charge is 0.479 e. The number of rotatable bonds is 2. The van der Waals surface area contributed by atoms with E-state index in [1.165, 1.54) is 0 Å². The zero-order chi connectivity index (χ0) is 15.7. The lowest BCUT2D eigenvalue weighted by Crippen LogP contribution is -2.54. The first-order chi connectivity index (χ1) is 10.5. The van der Waals surface area contributed by atoms with E-state index < -0.39 is 11.6 Å². The Bertz CT molecular complexity index is 611. The summed E-state index contributed by atoms with van der Waals surface area (Å²) in [7, 11) is 0. The summed E-state index contributed by atoms with van der Waals surface area (Å²) < 4.78 is 10.7. The van der Waals surface area contributed by atoms with Gasteiger partial charge in [-0.15, -0.1) is 0 Å². The highest BCUT2D eigenvalue weighted by molar-refractivity contribution is 6.01. The van der Waals surface area contributed by atoms with Gasteiger partial charge in [0, 0.05) is 18.9 Å². The third kappa shape index (κ3) is 2.77. The molecule has 0 bridgehead atoms. The van der Waals surface area contributed by atoms with Gasteiger partial charge in [0.15, 0.2) is 6.10 Å². The smallest absolute Gasteiger partial charge is 0.265 e. The lowest BCUT2D eigenvalue weighted by atomic mass is 9.90. The van der Waals surface area contributed by atoms with Gasteiger partial charge in [0.2, 0.25) is 5.91 Å². The first kappa shape index (κ1) is 14.8. The number of carbonyl (C=O) groups excluding carboxylic acids is 2. The minimum atomic E-state index is -0.914. The summed E-state index contributed by atoms with van der Waals surface area (Å²) in [6, 6.07) is 5.11. The number of benzene rings is 1. The Morgan fingerprint density at radius 2 is 2.14 bits per heavy atom. The van der Waals surface area contributed by atoms with Gasteiger partial charge in [-0.1, -0.05) is 0 Å². The van der Waals surface area contributed by atoms with Crippen molar-refractivity contribution in [1.82, 2.24) is 0 Å². The number of amides is 2. The van der Waals surface area contributed by atoms with E-state index in [4.69, 9.17) is 15.2 Å². The van der Waals surface area contributed by atoms with Crippen LogP contribution in [0.15, 0.2) is 18.2 Å². The number of ether oxygens (including phenoxy) is 2. The van der Waals surface area contributed by atoms with Crippen molar-refractivity contribution in [2.45, 2.75) is 31.4 Å². The van der Waals surface area contributed by atoms with Gasteiger partial charge in [0.05, 0.1) is 5.69 Å². The molecule has 2 amide bonds. The van der Waals surface area contributed by atoms with E-state index in [9.17, 15) is 9.59 Å². The highest BCUT2D eigenvalue weighted by Crippen LogP contribution is 2.32. The minimum Gasteiger partial charge on any atom is -0.479 e. The predicted octanol–water partition coefficient (Wildman–Crippen LogP) is 0.852. The maximum Gasteiger partial charge on any atom is 0.265 e. The molecule has 7 heteroatoms. The van der Waals surface area contributed by atoms with E-state index in [0.717, 1.165) is 0 Å². The molecule has 0 aromatic heterocycles. The van der Waals surface area contributed by atoms with E-state index in [2.05, 4.69) is 10.6 Å². The van der Waals surface area contributed by atoms with Crippen LogP contribution in [-0.4, -0.2) is 36.7 Å². The van der Waals surface area contributed by atoms with E-state index in [-0.39, 0.29) is 11.8 Å². The van der Waals surface area contributed by atoms with Crippen molar-refractivity contribution < 1.29 is 19.1 Å². The van der Waals surface area contributed by atoms with Gasteiger partial charge >= 0.3 is 0 Å². The second-order valence-electron chi connectivity index (χ2n) is 5.68. The SMILES string of the molecule is CC1Oc2ccc(NC(=O)C3(N)CCOCC3)cc2NC1=O. The van der Waals surface area contributed by atoms with Gasteiger partial charge in [-0.2, -0.15) is 0 Å². The molecule has 1 fully saturated rings. The summed E-state index contributed by atoms with van der Waals surface area (Å²) in [4.78, 5) is 24.0. The molecule has 1 saturated heterocycles. The number of carbonyl (C=O) groups is 2. The highest BCUT2D eigenvalue weighted by Gasteiger charge is 2.36. The highest BCUT2D eigenvalue weighted by atomic mass is 16.5. The minimum absolute atomic E-state index is 0.212. The average Bonchev–Trinajstić information content (AvgIpc) is 2.49. The molecule has 0 saturated carbocycles. The quantitative estimate of drug-likeness (QED) is 0.752. The van der Waals surface area contributed by atoms with Crippen molar-refractivity contribution >= 4 is 23.2 Å². The maximum absolute atomic E-state index is 12.4. The molecule has 22 heavy (non-hydrogen) atoms. The van der Waals surface area contributed by atoms with E-state index >= 15 is 0 Å². The second kappa shape index (κ2) is 5.58. The Kier molecular flexibility index (Phi) is 3.76. The van der Waals surface area contributed by atoms with Crippen LogP contribution in [0.3, 0.4) is 0 Å². The molecular formula is C15H19N3O4. The molecule has 0 aliphatic carbocycles. The molecule has 0 spiro atoms. The van der Waals surface area contributed by atoms with E-state index in [1.807, 2.05) is 0 Å². The van der Waals surface area contributed by atoms with Crippen LogP contribution >= 0.6 is 0 Å². The van der Waals surface area contributed by atoms with Gasteiger partial charge < -0.3 is 25.8 Å². The molecule has 0 radical (unpaired) electrons. The van der Waals surface area contributed by atoms with Crippen LogP contribution in [0.1, 0.15) is 19.8 Å². The number of fused-ring (bicyclic) bond motifs is 1. The van der Waals surface area contributed by atoms with Crippen molar-refractivity contribution in [2.24, 2.45) is 5.73 Å². The van der Waals surface area contributed by atoms with Crippen LogP contribution in [-0.2, 0) is 14.3 Å². The number of hydrogen-bond acceptors (Lipinski definition) is 5. The summed E-state index contributed by atoms with van der Waals surface area (Å²) in [5, 5.41) is 5.55. The summed E-state index contributed by atoms with van der Waals surface area (Å²) in [6.07, 6.45) is 0.449. The Balaban J connectivity index is 1.75. The molecular weight excluding hydrogens is 286 g/mol. The lowest BCUT2D eigenvalue weighted by Gasteiger charge is -2.32. The predicted molar refractivity (Wildman–Crippen MR) is 80.8 cm³/mol. The van der Waals surface area contributed by atoms with Crippen LogP contribution in [0.2, 0.25) is 0 Å². The first-order valence-corrected chi connectivity index (χ1v) is 7.28. The summed E-state index contributed by atoms with van der Waals surface area (Å²) in [5.41, 5.74) is 6.34. The Morgan fingerprint density at radius 3 is 2.86 bits per heavy atom. The zero-order valence-corrected chi connectivity index (χ0v) is 12.3. The summed E-state index contributed by atoms with van der Waals surface area (Å²) >= 11 is 0. The Hall–Kier alpha value is -2.12. The lowest BCUT2D eigenvalue weighted by molar-refractivity contribution is -0.124. The molecule has 1 unspecified atom stereocenters. The maximum atomic E-state index is 12.4. The number of nitrogens with two attached hydrogens (primary N) is 1. The summed E-state index contributed by atoms with van der Waals surface area (Å²) in [5.74, 6) is 0.126. The molecule has 2 aliphatic rings. The number of hydrogen-bond donors (Lipinski definition) is 3. The number of anilines is 2. The van der Waals surface area contributed by atoms with Gasteiger partial charge in [-0.3, -0.25) is 9.59 Å². The van der Waals surface area contributed by atoms with Gasteiger partial charge in [0.25, 0.3) is 5.91 Å². The summed E-state index contributed by atoms with van der Waals surface area (Å²) in [6.45, 7) is 2.64. The molecule has 2 aliphatic heterocycles. The standard InChI is InChI=1S/C15H19N3O4/c1-9-13(19)18-11-8-10(2-3-12(11)22-9)17-14(20)15(16)4-6-21-7-5-15/h2-3,8-9H,4-7,16H2,1H3,(H,17,20)(H,18,19). The van der Waals surface area contributed by atoms with E-state index in [1.54, 1.807) is 25.1 Å². The molecule has 7 nitrogen and oxygen atoms in total. The van der Waals surface area contributed by atoms with Crippen molar-refractivity contribution in [3.63, 3.8) is 0 Å². The molecule has 4 N–H and O–H groups in total. The second-order valence-corrected chi connectivity index (χ2v) is 5.68. The number of nitrogens with one attached hydrogen (secondary N) is 2. The molecule has 118 valence electrons. The van der Waals surface area contributed by atoms with Crippen LogP contribution < -0.4 is 21.1 Å². The van der Waals surface area contributed by atoms with Gasteiger partial charge in [0.1, 0.15) is 11.3 Å². The third-order valence-electron chi connectivity index (χ3n) is 4.01. The van der Waals surface area contributed by atoms with Crippen molar-refractivity contribution in [1.29, 1.82) is 0 Å². The average molecular weight is 305 g/mol. The first-order valence-electron chi connectivity index (χ1n) is 7.28. The fraction of sp³-hybridized carbons (Fsp3) is 0.467. The Morgan fingerprint density at radius 1 is 1.41 bits per heavy atom. The third-order valence-corrected chi connectivity index (χ3v) is 4.01. The van der Waals surface area contributed by atoms with Gasteiger partial charge in [-0.25, -0.2) is 0 Å². The topological polar surface area (TPSA) is 103 Å². The van der Waals surface area contributed by atoms with Crippen LogP contribution in [0.25, 0.3) is 0 Å². The van der Waals surface area contributed by atoms with Crippen molar-refractivity contribution in [2.75, 3.05) is 23.8 Å². The molecule has 1 atom stereocenters. The van der Waals surface area contributed by atoms with E-state index in [0.29, 0.717) is 43.2 Å². The van der Waals surface area contributed by atoms with Gasteiger partial charge in [-0.05, 0) is 38.0 Å². The van der Waals surface area contributed by atoms with Crippen LogP contribution in [0.4, 0.5) is 11.4 Å². The van der Waals surface area contributed by atoms with Crippen molar-refractivity contribution in [3.8, 4) is 5.75 Å². The fourth-order valence-corrected chi connectivity index (χ4v) is 2.50. The normalized spacial score (nSPS) is 23.0. The molecule has 3 rings (SSSR count). The van der Waals surface area contributed by atoms with Crippen LogP contribution in [0.5, 0.6) is 5.75 Å². The monoisotopic (exact) mass is 305 g/mol. The zero-order valence-electron chi connectivity index (χ0n) is 12.3. The van der Waals surface area contributed by atoms with Crippen LogP contribution in [0, 0.1) is 0 Å². The molecule has 1 aromatic carbocycles. The molecule has 1 aromatic rings. The fourth-order valence-electron chi connectivity index (χ4n) is 2.50. The molecule has 2 heterocycles. The Labute approximate surface area is 128 Å².